The van der Waals surface area contributed by atoms with Gasteiger partial charge in [-0.25, -0.2) is 0 Å². The second kappa shape index (κ2) is 8.99. The van der Waals surface area contributed by atoms with E-state index in [2.05, 4.69) is 0 Å². The third-order valence-electron chi connectivity index (χ3n) is 1.08. The van der Waals surface area contributed by atoms with E-state index in [4.69, 9.17) is 5.11 Å². The molecule has 0 aromatic heterocycles. The van der Waals surface area contributed by atoms with Crippen molar-refractivity contribution < 1.29 is 24.9 Å². The van der Waals surface area contributed by atoms with Crippen LogP contribution in [-0.2, 0) is 9.59 Å². The average molecular weight is 190 g/mol. The van der Waals surface area contributed by atoms with Crippen molar-refractivity contribution in [2.45, 2.75) is 39.2 Å². The van der Waals surface area contributed by atoms with E-state index in [-0.39, 0.29) is 6.42 Å². The monoisotopic (exact) mass is 190 g/mol. The van der Waals surface area contributed by atoms with E-state index in [9.17, 15) is 19.8 Å². The number of aliphatic carboxylic acids is 2. The SMILES string of the molecule is CC(O)C(=O)[O-].CCCCC(=O)[O-]. The van der Waals surface area contributed by atoms with Gasteiger partial charge in [0.1, 0.15) is 0 Å². The van der Waals surface area contributed by atoms with Gasteiger partial charge < -0.3 is 24.9 Å². The van der Waals surface area contributed by atoms with Crippen LogP contribution in [0.4, 0.5) is 0 Å². The van der Waals surface area contributed by atoms with Gasteiger partial charge in [0.25, 0.3) is 0 Å². The Hall–Kier alpha value is -1.10. The van der Waals surface area contributed by atoms with Gasteiger partial charge in [-0.1, -0.05) is 13.3 Å². The Labute approximate surface area is 77.0 Å². The fourth-order valence-electron chi connectivity index (χ4n) is 0.321. The fraction of sp³-hybridized carbons (Fsp3) is 0.750. The second-order valence-corrected chi connectivity index (χ2v) is 2.47. The predicted octanol–water partition coefficient (Wildman–Crippen LogP) is -1.96. The molecule has 0 rings (SSSR count). The molecule has 0 aliphatic heterocycles. The molecule has 5 nitrogen and oxygen atoms in total. The van der Waals surface area contributed by atoms with Gasteiger partial charge in [-0.2, -0.15) is 0 Å². The molecule has 1 unspecified atom stereocenters. The molecule has 0 aromatic rings. The van der Waals surface area contributed by atoms with Gasteiger partial charge in [-0.15, -0.1) is 0 Å². The van der Waals surface area contributed by atoms with Crippen molar-refractivity contribution in [2.24, 2.45) is 0 Å². The molecular formula is C8H14O5-2. The van der Waals surface area contributed by atoms with Gasteiger partial charge in [0.15, 0.2) is 0 Å². The Morgan fingerprint density at radius 3 is 1.85 bits per heavy atom. The summed E-state index contributed by atoms with van der Waals surface area (Å²) in [5, 5.41) is 27.0. The summed E-state index contributed by atoms with van der Waals surface area (Å²) in [6, 6.07) is 0. The highest BCUT2D eigenvalue weighted by atomic mass is 16.4. The Balaban J connectivity index is 0. The minimum atomic E-state index is -1.44. The summed E-state index contributed by atoms with van der Waals surface area (Å²) in [6.07, 6.45) is 0.525. The van der Waals surface area contributed by atoms with Crippen molar-refractivity contribution in [2.75, 3.05) is 0 Å². The van der Waals surface area contributed by atoms with E-state index < -0.39 is 18.0 Å². The van der Waals surface area contributed by atoms with Crippen LogP contribution in [-0.4, -0.2) is 23.1 Å². The number of carbonyl (C=O) groups is 2. The smallest absolute Gasteiger partial charge is 0.0905 e. The van der Waals surface area contributed by atoms with Gasteiger partial charge in [0, 0.05) is 5.97 Å². The molecular weight excluding hydrogens is 176 g/mol. The first-order chi connectivity index (χ1) is 5.91. The van der Waals surface area contributed by atoms with E-state index in [1.54, 1.807) is 0 Å². The summed E-state index contributed by atoms with van der Waals surface area (Å²) >= 11 is 0. The lowest BCUT2D eigenvalue weighted by molar-refractivity contribution is -0.314. The predicted molar refractivity (Wildman–Crippen MR) is 41.2 cm³/mol. The standard InChI is InChI=1S/C5H10O2.C3H6O3/c1-2-3-4-5(6)7;1-2(4)3(5)6/h2-4H2,1H3,(H,6,7);2,4H,1H3,(H,5,6)/p-2. The number of carbonyl (C=O) groups excluding carboxylic acids is 2. The minimum absolute atomic E-state index is 0.205. The third-order valence-corrected chi connectivity index (χ3v) is 1.08. The van der Waals surface area contributed by atoms with Gasteiger partial charge >= 0.3 is 0 Å². The molecule has 0 saturated heterocycles. The number of unbranched alkanes of at least 4 members (excludes halogenated alkanes) is 1. The average Bonchev–Trinajstić information content (AvgIpc) is 2.01. The number of hydrogen-bond acceptors (Lipinski definition) is 5. The first kappa shape index (κ1) is 14.4. The highest BCUT2D eigenvalue weighted by molar-refractivity contribution is 5.68. The quantitative estimate of drug-likeness (QED) is 0.555. The molecule has 0 bridgehead atoms. The first-order valence-corrected chi connectivity index (χ1v) is 4.00. The lowest BCUT2D eigenvalue weighted by Gasteiger charge is -2.00. The summed E-state index contributed by atoms with van der Waals surface area (Å²) < 4.78 is 0. The van der Waals surface area contributed by atoms with Gasteiger partial charge in [-0.3, -0.25) is 0 Å². The molecule has 0 aromatic carbocycles. The van der Waals surface area contributed by atoms with Crippen LogP contribution in [0.3, 0.4) is 0 Å². The van der Waals surface area contributed by atoms with Crippen molar-refractivity contribution in [1.29, 1.82) is 0 Å². The van der Waals surface area contributed by atoms with Crippen LogP contribution >= 0.6 is 0 Å². The van der Waals surface area contributed by atoms with Gasteiger partial charge in [-0.05, 0) is 19.8 Å². The number of carboxylic acid groups (broad SMARTS) is 2. The Kier molecular flexibility index (Phi) is 9.98. The Bertz CT molecular complexity index is 153. The molecule has 78 valence electrons. The third kappa shape index (κ3) is 18.1. The maximum absolute atomic E-state index is 9.65. The van der Waals surface area contributed by atoms with Gasteiger partial charge in [0.05, 0.1) is 12.1 Å². The van der Waals surface area contributed by atoms with Crippen LogP contribution in [0, 0.1) is 0 Å². The zero-order chi connectivity index (χ0) is 10.9. The molecule has 0 fully saturated rings. The van der Waals surface area contributed by atoms with Gasteiger partial charge in [0.2, 0.25) is 0 Å². The highest BCUT2D eigenvalue weighted by Gasteiger charge is 1.89. The molecule has 0 spiro atoms. The minimum Gasteiger partial charge on any atom is -0.550 e. The maximum Gasteiger partial charge on any atom is 0.0905 e. The molecule has 1 N–H and O–H groups in total. The lowest BCUT2D eigenvalue weighted by Crippen LogP contribution is -2.32. The molecule has 5 heteroatoms. The van der Waals surface area contributed by atoms with E-state index >= 15 is 0 Å². The fourth-order valence-corrected chi connectivity index (χ4v) is 0.321. The topological polar surface area (TPSA) is 100 Å². The van der Waals surface area contributed by atoms with Crippen LogP contribution in [0.2, 0.25) is 0 Å². The van der Waals surface area contributed by atoms with Crippen LogP contribution in [0.5, 0.6) is 0 Å². The van der Waals surface area contributed by atoms with Crippen molar-refractivity contribution >= 4 is 11.9 Å². The molecule has 0 aliphatic carbocycles. The zero-order valence-corrected chi connectivity index (χ0v) is 7.78. The van der Waals surface area contributed by atoms with E-state index in [0.717, 1.165) is 19.8 Å². The number of rotatable bonds is 4. The van der Waals surface area contributed by atoms with Crippen LogP contribution in [0.15, 0.2) is 0 Å². The largest absolute Gasteiger partial charge is 0.550 e. The molecule has 13 heavy (non-hydrogen) atoms. The number of aliphatic hydroxyl groups excluding tert-OH is 1. The molecule has 0 saturated carbocycles. The normalized spacial score (nSPS) is 11.0. The second-order valence-electron chi connectivity index (χ2n) is 2.47. The number of aliphatic hydroxyl groups is 1. The summed E-state index contributed by atoms with van der Waals surface area (Å²) in [7, 11) is 0. The van der Waals surface area contributed by atoms with E-state index in [0.29, 0.717) is 0 Å². The van der Waals surface area contributed by atoms with Crippen molar-refractivity contribution in [3.8, 4) is 0 Å². The molecule has 1 atom stereocenters. The zero-order valence-electron chi connectivity index (χ0n) is 7.78. The van der Waals surface area contributed by atoms with Crippen LogP contribution < -0.4 is 10.2 Å². The van der Waals surface area contributed by atoms with E-state index in [1.807, 2.05) is 6.92 Å². The number of hydrogen-bond donors (Lipinski definition) is 1. The van der Waals surface area contributed by atoms with Crippen LogP contribution in [0.1, 0.15) is 33.1 Å². The lowest BCUT2D eigenvalue weighted by atomic mass is 10.3. The molecule has 0 radical (unpaired) electrons. The Morgan fingerprint density at radius 1 is 1.38 bits per heavy atom. The maximum atomic E-state index is 9.65. The summed E-state index contributed by atoms with van der Waals surface area (Å²) in [5.41, 5.74) is 0. The molecule has 0 amide bonds. The summed E-state index contributed by atoms with van der Waals surface area (Å²) in [6.45, 7) is 3.08. The highest BCUT2D eigenvalue weighted by Crippen LogP contribution is 1.89. The number of carboxylic acids is 2. The van der Waals surface area contributed by atoms with Crippen molar-refractivity contribution in [1.82, 2.24) is 0 Å². The van der Waals surface area contributed by atoms with E-state index in [1.165, 1.54) is 0 Å². The van der Waals surface area contributed by atoms with Crippen molar-refractivity contribution in [3.05, 3.63) is 0 Å². The Morgan fingerprint density at radius 2 is 1.77 bits per heavy atom. The van der Waals surface area contributed by atoms with Crippen LogP contribution in [0.25, 0.3) is 0 Å². The molecule has 0 aliphatic rings. The molecule has 0 heterocycles. The summed E-state index contributed by atoms with van der Waals surface area (Å²) in [5.74, 6) is -2.38. The first-order valence-electron chi connectivity index (χ1n) is 4.00. The van der Waals surface area contributed by atoms with Crippen molar-refractivity contribution in [3.63, 3.8) is 0 Å². The summed E-state index contributed by atoms with van der Waals surface area (Å²) in [4.78, 5) is 19.0.